The number of carbonyl (C=O) groups is 1. The molecule has 0 saturated carbocycles. The molecule has 0 spiro atoms. The standard InChI is InChI=1S/C24H31FO2Si/c1-8-27-24(26)20-9-11-21-19(15-20)10-12-23(25)22(21)13-14-28(16(2)3,17(4)5)18(6)7/h9-12,15-18H,8H2,1-7H3/i11D. The van der Waals surface area contributed by atoms with E-state index in [2.05, 4.69) is 53.0 Å². The third-order valence-electron chi connectivity index (χ3n) is 5.65. The van der Waals surface area contributed by atoms with Crippen molar-refractivity contribution in [2.75, 3.05) is 6.61 Å². The molecule has 0 aromatic heterocycles. The van der Waals surface area contributed by atoms with Crippen molar-refractivity contribution < 1.29 is 15.3 Å². The average Bonchev–Trinajstić information content (AvgIpc) is 2.62. The topological polar surface area (TPSA) is 26.3 Å². The van der Waals surface area contributed by atoms with Crippen molar-refractivity contribution in [2.24, 2.45) is 0 Å². The third-order valence-corrected chi connectivity index (χ3v) is 11.9. The number of rotatable bonds is 5. The second-order valence-corrected chi connectivity index (χ2v) is 13.7. The van der Waals surface area contributed by atoms with E-state index in [4.69, 9.17) is 6.11 Å². The van der Waals surface area contributed by atoms with E-state index in [-0.39, 0.29) is 18.2 Å². The molecule has 0 unspecified atom stereocenters. The quantitative estimate of drug-likeness (QED) is 0.317. The molecule has 0 amide bonds. The molecule has 0 fully saturated rings. The van der Waals surface area contributed by atoms with Gasteiger partial charge < -0.3 is 4.74 Å². The van der Waals surface area contributed by atoms with Crippen LogP contribution in [0.3, 0.4) is 0 Å². The normalized spacial score (nSPS) is 12.3. The minimum atomic E-state index is -2.04. The number of hydrogen-bond acceptors (Lipinski definition) is 2. The SMILES string of the molecule is [2H]c1cc(C(=O)OCC)cc2ccc(F)c(C#C[Si](C(C)C)(C(C)C)C(C)C)c12. The van der Waals surface area contributed by atoms with E-state index in [9.17, 15) is 9.18 Å². The highest BCUT2D eigenvalue weighted by Gasteiger charge is 2.41. The first kappa shape index (κ1) is 20.6. The van der Waals surface area contributed by atoms with Crippen LogP contribution < -0.4 is 0 Å². The number of carbonyl (C=O) groups excluding carboxylic acids is 1. The fourth-order valence-electron chi connectivity index (χ4n) is 4.29. The van der Waals surface area contributed by atoms with Gasteiger partial charge in [0, 0.05) is 5.39 Å². The summed E-state index contributed by atoms with van der Waals surface area (Å²) in [6.45, 7) is 15.3. The Bertz CT molecular complexity index is 948. The first-order valence-corrected chi connectivity index (χ1v) is 12.2. The van der Waals surface area contributed by atoms with Crippen LogP contribution in [0.5, 0.6) is 0 Å². The van der Waals surface area contributed by atoms with Crippen LogP contribution in [0, 0.1) is 17.3 Å². The summed E-state index contributed by atoms with van der Waals surface area (Å²) in [5.74, 6) is 2.25. The van der Waals surface area contributed by atoms with Gasteiger partial charge in [0.05, 0.1) is 19.1 Å². The largest absolute Gasteiger partial charge is 0.462 e. The maximum Gasteiger partial charge on any atom is 0.338 e. The second-order valence-electron chi connectivity index (χ2n) is 8.14. The molecule has 2 aromatic rings. The van der Waals surface area contributed by atoms with Crippen molar-refractivity contribution in [3.8, 4) is 11.5 Å². The highest BCUT2D eigenvalue weighted by atomic mass is 28.3. The van der Waals surface area contributed by atoms with Gasteiger partial charge in [0.1, 0.15) is 13.9 Å². The molecular formula is C24H31FO2Si. The van der Waals surface area contributed by atoms with Gasteiger partial charge in [-0.05, 0) is 47.1 Å². The summed E-state index contributed by atoms with van der Waals surface area (Å²) in [5, 5.41) is 1.07. The molecule has 0 heterocycles. The van der Waals surface area contributed by atoms with Crippen molar-refractivity contribution in [1.29, 1.82) is 0 Å². The first-order chi connectivity index (χ1) is 13.6. The second kappa shape index (κ2) is 8.92. The zero-order valence-corrected chi connectivity index (χ0v) is 18.9. The molecule has 4 heteroatoms. The maximum atomic E-state index is 14.8. The molecule has 0 saturated heterocycles. The van der Waals surface area contributed by atoms with Gasteiger partial charge in [-0.25, -0.2) is 9.18 Å². The summed E-state index contributed by atoms with van der Waals surface area (Å²) in [4.78, 5) is 12.1. The van der Waals surface area contributed by atoms with E-state index in [1.807, 2.05) is 0 Å². The Kier molecular flexibility index (Phi) is 6.56. The lowest BCUT2D eigenvalue weighted by molar-refractivity contribution is 0.0526. The number of ether oxygens (including phenoxy) is 1. The first-order valence-electron chi connectivity index (χ1n) is 10.5. The van der Waals surface area contributed by atoms with Crippen LogP contribution in [-0.2, 0) is 4.74 Å². The Morgan fingerprint density at radius 2 is 1.75 bits per heavy atom. The summed E-state index contributed by atoms with van der Waals surface area (Å²) in [6, 6.07) is 6.12. The minimum absolute atomic E-state index is 0.0836. The molecule has 0 aliphatic heterocycles. The molecule has 0 aliphatic rings. The van der Waals surface area contributed by atoms with Gasteiger partial charge in [-0.3, -0.25) is 0 Å². The molecule has 2 aromatic carbocycles. The molecule has 0 N–H and O–H groups in total. The molecule has 150 valence electrons. The molecule has 0 atom stereocenters. The van der Waals surface area contributed by atoms with Crippen LogP contribution in [0.15, 0.2) is 30.3 Å². The Morgan fingerprint density at radius 1 is 1.14 bits per heavy atom. The van der Waals surface area contributed by atoms with Crippen molar-refractivity contribution >= 4 is 24.8 Å². The fraction of sp³-hybridized carbons (Fsp3) is 0.458. The lowest BCUT2D eigenvalue weighted by Gasteiger charge is -2.38. The van der Waals surface area contributed by atoms with Gasteiger partial charge in [-0.1, -0.05) is 59.6 Å². The predicted molar refractivity (Wildman–Crippen MR) is 118 cm³/mol. The van der Waals surface area contributed by atoms with Gasteiger partial charge in [0.25, 0.3) is 0 Å². The maximum absolute atomic E-state index is 14.8. The minimum Gasteiger partial charge on any atom is -0.462 e. The van der Waals surface area contributed by atoms with Gasteiger partial charge in [0.15, 0.2) is 0 Å². The summed E-state index contributed by atoms with van der Waals surface area (Å²) in [6.07, 6.45) is 0. The van der Waals surface area contributed by atoms with E-state index in [1.165, 1.54) is 12.1 Å². The van der Waals surface area contributed by atoms with Crippen LogP contribution in [0.1, 0.15) is 65.8 Å². The highest BCUT2D eigenvalue weighted by Crippen LogP contribution is 2.41. The van der Waals surface area contributed by atoms with Crippen molar-refractivity contribution in [3.63, 3.8) is 0 Å². The third kappa shape index (κ3) is 4.15. The number of hydrogen-bond donors (Lipinski definition) is 0. The Hall–Kier alpha value is -2.12. The molecule has 0 radical (unpaired) electrons. The van der Waals surface area contributed by atoms with E-state index in [0.29, 0.717) is 33.0 Å². The van der Waals surface area contributed by atoms with Crippen LogP contribution in [-0.4, -0.2) is 20.7 Å². The molecule has 2 rings (SSSR count). The van der Waals surface area contributed by atoms with Gasteiger partial charge in [0.2, 0.25) is 0 Å². The fourth-order valence-corrected chi connectivity index (χ4v) is 9.49. The van der Waals surface area contributed by atoms with Crippen LogP contribution in [0.2, 0.25) is 16.6 Å². The van der Waals surface area contributed by atoms with Gasteiger partial charge in [-0.2, -0.15) is 0 Å². The Balaban J connectivity index is 2.73. The van der Waals surface area contributed by atoms with Gasteiger partial charge in [-0.15, -0.1) is 5.54 Å². The van der Waals surface area contributed by atoms with Crippen LogP contribution in [0.4, 0.5) is 4.39 Å². The monoisotopic (exact) mass is 399 g/mol. The van der Waals surface area contributed by atoms with E-state index < -0.39 is 19.9 Å². The van der Waals surface area contributed by atoms with E-state index >= 15 is 0 Å². The number of fused-ring (bicyclic) bond motifs is 1. The molecule has 0 aliphatic carbocycles. The van der Waals surface area contributed by atoms with Crippen molar-refractivity contribution in [2.45, 2.75) is 65.1 Å². The summed E-state index contributed by atoms with van der Waals surface area (Å²) >= 11 is 0. The van der Waals surface area contributed by atoms with Crippen LogP contribution >= 0.6 is 0 Å². The highest BCUT2D eigenvalue weighted by molar-refractivity contribution is 6.90. The number of esters is 1. The number of benzene rings is 2. The average molecular weight is 400 g/mol. The Labute approximate surface area is 170 Å². The zero-order chi connectivity index (χ0) is 21.9. The van der Waals surface area contributed by atoms with Gasteiger partial charge >= 0.3 is 5.97 Å². The summed E-state index contributed by atoms with van der Waals surface area (Å²) in [7, 11) is -2.04. The number of halogens is 1. The molecule has 2 nitrogen and oxygen atoms in total. The van der Waals surface area contributed by atoms with Crippen LogP contribution in [0.25, 0.3) is 10.8 Å². The van der Waals surface area contributed by atoms with E-state index in [0.717, 1.165) is 0 Å². The summed E-state index contributed by atoms with van der Waals surface area (Å²) in [5.41, 5.74) is 5.38. The smallest absolute Gasteiger partial charge is 0.338 e. The Morgan fingerprint density at radius 3 is 2.29 bits per heavy atom. The van der Waals surface area contributed by atoms with Crippen molar-refractivity contribution in [3.05, 3.63) is 47.3 Å². The molecular weight excluding hydrogens is 367 g/mol. The lowest BCUT2D eigenvalue weighted by atomic mass is 10.0. The molecule has 28 heavy (non-hydrogen) atoms. The molecule has 0 bridgehead atoms. The lowest BCUT2D eigenvalue weighted by Crippen LogP contribution is -2.43. The van der Waals surface area contributed by atoms with Crippen molar-refractivity contribution in [1.82, 2.24) is 0 Å². The zero-order valence-electron chi connectivity index (χ0n) is 18.9. The predicted octanol–water partition coefficient (Wildman–Crippen LogP) is 6.73. The van der Waals surface area contributed by atoms with E-state index in [1.54, 1.807) is 19.1 Å². The summed E-state index contributed by atoms with van der Waals surface area (Å²) < 4.78 is 28.3.